The molecule has 0 unspecified atom stereocenters. The van der Waals surface area contributed by atoms with Gasteiger partial charge in [-0.25, -0.2) is 19.9 Å². The summed E-state index contributed by atoms with van der Waals surface area (Å²) < 4.78 is 41.6. The van der Waals surface area contributed by atoms with Crippen molar-refractivity contribution < 1.29 is 13.2 Å². The van der Waals surface area contributed by atoms with Gasteiger partial charge in [0.25, 0.3) is 5.56 Å². The molecule has 0 atom stereocenters. The first kappa shape index (κ1) is 26.6. The fraction of sp³-hybridized carbons (Fsp3) is 0.107. The summed E-state index contributed by atoms with van der Waals surface area (Å²) in [4.78, 5) is 30.0. The third-order valence-electron chi connectivity index (χ3n) is 5.87. The van der Waals surface area contributed by atoms with Crippen LogP contribution in [0.1, 0.15) is 22.6 Å². The Morgan fingerprint density at radius 2 is 1.77 bits per heavy atom. The molecule has 40 heavy (non-hydrogen) atoms. The number of benzene rings is 2. The average molecular weight is 562 g/mol. The Hall–Kier alpha value is -4.95. The number of fused-ring (bicyclic) bond motifs is 1. The molecule has 0 radical (unpaired) electrons. The van der Waals surface area contributed by atoms with E-state index >= 15 is 0 Å². The predicted molar refractivity (Wildman–Crippen MR) is 146 cm³/mol. The number of nitrogens with one attached hydrogen (secondary N) is 1. The minimum absolute atomic E-state index is 0.0193. The second-order valence-electron chi connectivity index (χ2n) is 8.44. The third kappa shape index (κ3) is 5.43. The maximum atomic E-state index is 13.5. The number of nitrogens with two attached hydrogens (primary N) is 1. The molecule has 3 heterocycles. The van der Waals surface area contributed by atoms with Crippen molar-refractivity contribution in [2.75, 3.05) is 17.6 Å². The van der Waals surface area contributed by atoms with Gasteiger partial charge >= 0.3 is 6.18 Å². The van der Waals surface area contributed by atoms with Gasteiger partial charge in [-0.05, 0) is 42.3 Å². The zero-order valence-corrected chi connectivity index (χ0v) is 21.3. The Morgan fingerprint density at radius 3 is 2.55 bits per heavy atom. The summed E-state index contributed by atoms with van der Waals surface area (Å²) in [6, 6.07) is 16.2. The Balaban J connectivity index is 1.47. The molecular weight excluding hydrogens is 543 g/mol. The zero-order valence-electron chi connectivity index (χ0n) is 20.6. The van der Waals surface area contributed by atoms with Crippen molar-refractivity contribution in [3.05, 3.63) is 111 Å². The first-order valence-corrected chi connectivity index (χ1v) is 12.3. The molecular formula is C28H19ClF3N7O. The van der Waals surface area contributed by atoms with E-state index in [4.69, 9.17) is 22.3 Å². The van der Waals surface area contributed by atoms with Crippen LogP contribution in [0.15, 0.2) is 78.0 Å². The van der Waals surface area contributed by atoms with Crippen LogP contribution in [0.5, 0.6) is 0 Å². The van der Waals surface area contributed by atoms with Crippen LogP contribution in [0, 0.1) is 11.8 Å². The average Bonchev–Trinajstić information content (AvgIpc) is 2.93. The number of rotatable bonds is 5. The summed E-state index contributed by atoms with van der Waals surface area (Å²) in [7, 11) is 0. The number of hydrogen-bond donors (Lipinski definition) is 2. The van der Waals surface area contributed by atoms with Crippen molar-refractivity contribution in [3.8, 4) is 17.5 Å². The quantitative estimate of drug-likeness (QED) is 0.294. The molecule has 0 aliphatic rings. The van der Waals surface area contributed by atoms with E-state index in [-0.39, 0.29) is 35.7 Å². The monoisotopic (exact) mass is 561 g/mol. The van der Waals surface area contributed by atoms with Crippen LogP contribution >= 0.6 is 11.6 Å². The van der Waals surface area contributed by atoms with Crippen molar-refractivity contribution in [1.82, 2.24) is 24.5 Å². The summed E-state index contributed by atoms with van der Waals surface area (Å²) in [5.74, 6) is 5.71. The second-order valence-corrected chi connectivity index (χ2v) is 8.85. The van der Waals surface area contributed by atoms with E-state index in [0.717, 1.165) is 6.07 Å². The van der Waals surface area contributed by atoms with E-state index in [9.17, 15) is 18.0 Å². The Labute approximate surface area is 230 Å². The topological polar surface area (TPSA) is 112 Å². The first-order chi connectivity index (χ1) is 19.2. The second kappa shape index (κ2) is 11.0. The van der Waals surface area contributed by atoms with Gasteiger partial charge < -0.3 is 11.1 Å². The Kier molecular flexibility index (Phi) is 7.35. The van der Waals surface area contributed by atoms with Crippen molar-refractivity contribution in [1.29, 1.82) is 0 Å². The highest BCUT2D eigenvalue weighted by Crippen LogP contribution is 2.30. The summed E-state index contributed by atoms with van der Waals surface area (Å²) in [6.07, 6.45) is -1.92. The minimum Gasteiger partial charge on any atom is -0.382 e. The molecule has 0 amide bonds. The molecule has 0 fully saturated rings. The van der Waals surface area contributed by atoms with Crippen LogP contribution in [-0.4, -0.2) is 31.0 Å². The van der Waals surface area contributed by atoms with Gasteiger partial charge in [0.1, 0.15) is 35.0 Å². The molecule has 0 aliphatic heterocycles. The molecule has 3 N–H and O–H groups in total. The van der Waals surface area contributed by atoms with Crippen LogP contribution in [0.4, 0.5) is 24.8 Å². The van der Waals surface area contributed by atoms with E-state index < -0.39 is 17.4 Å². The molecule has 5 rings (SSSR count). The highest BCUT2D eigenvalue weighted by atomic mass is 35.5. The van der Waals surface area contributed by atoms with Gasteiger partial charge in [0.2, 0.25) is 0 Å². The van der Waals surface area contributed by atoms with Crippen LogP contribution < -0.4 is 16.6 Å². The van der Waals surface area contributed by atoms with Crippen LogP contribution in [0.2, 0.25) is 5.02 Å². The van der Waals surface area contributed by atoms with Crippen molar-refractivity contribution >= 4 is 34.1 Å². The number of alkyl halides is 3. The SMILES string of the molecule is Nc1ncnc(NCCc2nc3cccc(Cl)c3c(=O)n2-c2ccccc2)c1C#Cc1ncccc1C(F)(F)F. The van der Waals surface area contributed by atoms with Gasteiger partial charge in [-0.15, -0.1) is 0 Å². The molecule has 0 aliphatic carbocycles. The van der Waals surface area contributed by atoms with Crippen molar-refractivity contribution in [2.24, 2.45) is 0 Å². The maximum Gasteiger partial charge on any atom is 0.419 e. The Bertz CT molecular complexity index is 1830. The van der Waals surface area contributed by atoms with E-state index in [0.29, 0.717) is 27.4 Å². The largest absolute Gasteiger partial charge is 0.419 e. The lowest BCUT2D eigenvalue weighted by molar-refractivity contribution is -0.138. The molecule has 12 heteroatoms. The van der Waals surface area contributed by atoms with Gasteiger partial charge in [0.15, 0.2) is 0 Å². The van der Waals surface area contributed by atoms with Gasteiger partial charge in [0, 0.05) is 19.2 Å². The molecule has 200 valence electrons. The van der Waals surface area contributed by atoms with Crippen LogP contribution in [0.3, 0.4) is 0 Å². The summed E-state index contributed by atoms with van der Waals surface area (Å²) >= 11 is 6.33. The lowest BCUT2D eigenvalue weighted by Crippen LogP contribution is -2.25. The van der Waals surface area contributed by atoms with E-state index in [2.05, 4.69) is 32.1 Å². The standard InChI is InChI=1S/C28H19ClF3N7O/c29-20-9-4-10-22-24(20)27(40)39(17-6-2-1-3-7-17)23(38-22)13-15-35-26-18(25(33)36-16-37-26)11-12-21-19(28(30,31)32)8-5-14-34-21/h1-10,14,16H,13,15H2,(H3,33,35,36,37). The first-order valence-electron chi connectivity index (χ1n) is 11.9. The number of hydrogen-bond acceptors (Lipinski definition) is 7. The van der Waals surface area contributed by atoms with E-state index in [1.165, 1.54) is 23.2 Å². The minimum atomic E-state index is -4.62. The maximum absolute atomic E-state index is 13.5. The van der Waals surface area contributed by atoms with Gasteiger partial charge in [0.05, 0.1) is 27.2 Å². The summed E-state index contributed by atoms with van der Waals surface area (Å²) in [6.45, 7) is 0.230. The molecule has 8 nitrogen and oxygen atoms in total. The van der Waals surface area contributed by atoms with Crippen LogP contribution in [-0.2, 0) is 12.6 Å². The van der Waals surface area contributed by atoms with Crippen molar-refractivity contribution in [2.45, 2.75) is 12.6 Å². The molecule has 0 bridgehead atoms. The summed E-state index contributed by atoms with van der Waals surface area (Å²) in [5.41, 5.74) is 5.43. The molecule has 0 saturated heterocycles. The normalized spacial score (nSPS) is 11.2. The zero-order chi connectivity index (χ0) is 28.3. The number of anilines is 2. The number of nitrogen functional groups attached to an aromatic ring is 1. The molecule has 0 saturated carbocycles. The van der Waals surface area contributed by atoms with Gasteiger partial charge in [-0.1, -0.05) is 41.8 Å². The Morgan fingerprint density at radius 1 is 0.975 bits per heavy atom. The highest BCUT2D eigenvalue weighted by molar-refractivity contribution is 6.35. The smallest absolute Gasteiger partial charge is 0.382 e. The molecule has 2 aromatic carbocycles. The lowest BCUT2D eigenvalue weighted by atomic mass is 10.1. The molecule has 0 spiro atoms. The molecule has 5 aromatic rings. The fourth-order valence-electron chi connectivity index (χ4n) is 4.05. The van der Waals surface area contributed by atoms with Crippen molar-refractivity contribution in [3.63, 3.8) is 0 Å². The van der Waals surface area contributed by atoms with E-state index in [1.807, 2.05) is 6.07 Å². The van der Waals surface area contributed by atoms with Crippen LogP contribution in [0.25, 0.3) is 16.6 Å². The fourth-order valence-corrected chi connectivity index (χ4v) is 4.30. The molecule has 3 aromatic heterocycles. The number of halogens is 4. The third-order valence-corrected chi connectivity index (χ3v) is 6.18. The number of para-hydroxylation sites is 1. The predicted octanol–water partition coefficient (Wildman–Crippen LogP) is 4.88. The van der Waals surface area contributed by atoms with Gasteiger partial charge in [-0.2, -0.15) is 13.2 Å². The number of nitrogens with zero attached hydrogens (tertiary/aromatic N) is 5. The number of aromatic nitrogens is 5. The number of pyridine rings is 1. The van der Waals surface area contributed by atoms with Gasteiger partial charge in [-0.3, -0.25) is 9.36 Å². The summed E-state index contributed by atoms with van der Waals surface area (Å²) in [5, 5.41) is 3.68. The lowest BCUT2D eigenvalue weighted by Gasteiger charge is -2.15. The van der Waals surface area contributed by atoms with E-state index in [1.54, 1.807) is 42.5 Å². The highest BCUT2D eigenvalue weighted by Gasteiger charge is 2.33.